The number of carbonyl (C=O) groups is 1. The van der Waals surface area contributed by atoms with E-state index in [0.717, 1.165) is 0 Å². The van der Waals surface area contributed by atoms with E-state index in [-0.39, 0.29) is 17.7 Å². The molecule has 3 N–H and O–H groups in total. The fraction of sp³-hybridized carbons (Fsp3) is 0.143. The molecular formula is C14H12Cl2N2O3. The molecule has 2 aromatic rings. The van der Waals surface area contributed by atoms with Crippen LogP contribution in [0.4, 0.5) is 0 Å². The van der Waals surface area contributed by atoms with E-state index in [4.69, 9.17) is 23.2 Å². The van der Waals surface area contributed by atoms with Gasteiger partial charge in [-0.15, -0.1) is 0 Å². The van der Waals surface area contributed by atoms with Crippen molar-refractivity contribution in [1.29, 1.82) is 0 Å². The molecule has 1 amide bonds. The van der Waals surface area contributed by atoms with Gasteiger partial charge in [0.25, 0.3) is 5.91 Å². The number of carbonyl (C=O) groups excluding carboxylic acids is 1. The zero-order chi connectivity index (χ0) is 15.4. The number of rotatable bonds is 4. The van der Waals surface area contributed by atoms with Crippen molar-refractivity contribution in [1.82, 2.24) is 10.3 Å². The molecule has 0 bridgehead atoms. The maximum absolute atomic E-state index is 11.9. The van der Waals surface area contributed by atoms with Crippen LogP contribution >= 0.6 is 23.2 Å². The van der Waals surface area contributed by atoms with Crippen molar-refractivity contribution in [3.05, 3.63) is 68.1 Å². The summed E-state index contributed by atoms with van der Waals surface area (Å²) in [5.74, 6) is -0.423. The molecule has 0 unspecified atom stereocenters. The van der Waals surface area contributed by atoms with Gasteiger partial charge in [-0.05, 0) is 18.2 Å². The third kappa shape index (κ3) is 3.85. The van der Waals surface area contributed by atoms with E-state index < -0.39 is 12.0 Å². The molecule has 0 radical (unpaired) electrons. The summed E-state index contributed by atoms with van der Waals surface area (Å²) in [6, 6.07) is 7.52. The summed E-state index contributed by atoms with van der Waals surface area (Å²) in [5, 5.41) is 13.3. The van der Waals surface area contributed by atoms with Crippen LogP contribution in [0, 0.1) is 0 Å². The number of benzene rings is 1. The lowest BCUT2D eigenvalue weighted by Crippen LogP contribution is -2.29. The standard InChI is InChI=1S/C14H12Cl2N2O3/c15-9-2-1-3-10(16)13(9)11(19)7-18-14(21)8-4-5-12(20)17-6-8/h1-6,11,19H,7H2,(H,17,20)(H,18,21)/t11-/m0/s1. The summed E-state index contributed by atoms with van der Waals surface area (Å²) in [5.41, 5.74) is 0.351. The Morgan fingerprint density at radius 3 is 2.48 bits per heavy atom. The minimum absolute atomic E-state index is 0.0542. The summed E-state index contributed by atoms with van der Waals surface area (Å²) >= 11 is 12.0. The second-order valence-electron chi connectivity index (χ2n) is 4.30. The Morgan fingerprint density at radius 2 is 1.90 bits per heavy atom. The molecule has 0 saturated carbocycles. The minimum atomic E-state index is -1.03. The molecule has 0 aliphatic carbocycles. The Hall–Kier alpha value is -1.82. The highest BCUT2D eigenvalue weighted by atomic mass is 35.5. The highest BCUT2D eigenvalue weighted by Gasteiger charge is 2.16. The zero-order valence-electron chi connectivity index (χ0n) is 10.8. The number of aliphatic hydroxyl groups excluding tert-OH is 1. The highest BCUT2D eigenvalue weighted by molar-refractivity contribution is 6.36. The van der Waals surface area contributed by atoms with Crippen LogP contribution in [0.2, 0.25) is 10.0 Å². The number of hydrogen-bond donors (Lipinski definition) is 3. The monoisotopic (exact) mass is 326 g/mol. The van der Waals surface area contributed by atoms with Gasteiger partial charge in [-0.2, -0.15) is 0 Å². The normalized spacial score (nSPS) is 12.0. The van der Waals surface area contributed by atoms with Crippen molar-refractivity contribution < 1.29 is 9.90 Å². The molecule has 7 heteroatoms. The second kappa shape index (κ2) is 6.76. The van der Waals surface area contributed by atoms with Crippen molar-refractivity contribution in [2.45, 2.75) is 6.10 Å². The van der Waals surface area contributed by atoms with Crippen LogP contribution in [0.25, 0.3) is 0 Å². The largest absolute Gasteiger partial charge is 0.386 e. The molecule has 110 valence electrons. The Kier molecular flexibility index (Phi) is 5.01. The molecule has 2 rings (SSSR count). The minimum Gasteiger partial charge on any atom is -0.386 e. The summed E-state index contributed by atoms with van der Waals surface area (Å²) < 4.78 is 0. The number of aliphatic hydroxyl groups is 1. The number of halogens is 2. The van der Waals surface area contributed by atoms with Gasteiger partial charge in [0, 0.05) is 34.4 Å². The van der Waals surface area contributed by atoms with Crippen LogP contribution in [0.3, 0.4) is 0 Å². The van der Waals surface area contributed by atoms with E-state index in [1.807, 2.05) is 0 Å². The third-order valence-corrected chi connectivity index (χ3v) is 3.49. The molecule has 0 saturated heterocycles. The molecule has 1 atom stereocenters. The number of aromatic amines is 1. The molecule has 0 fully saturated rings. The van der Waals surface area contributed by atoms with Crippen molar-refractivity contribution in [3.8, 4) is 0 Å². The van der Waals surface area contributed by atoms with Gasteiger partial charge in [0.05, 0.1) is 11.7 Å². The van der Waals surface area contributed by atoms with Gasteiger partial charge in [0.1, 0.15) is 0 Å². The highest BCUT2D eigenvalue weighted by Crippen LogP contribution is 2.29. The SMILES string of the molecule is O=C(NC[C@H](O)c1c(Cl)cccc1Cl)c1ccc(=O)[nH]c1. The molecule has 1 aromatic heterocycles. The van der Waals surface area contributed by atoms with Gasteiger partial charge in [-0.3, -0.25) is 9.59 Å². The first-order valence-corrected chi connectivity index (χ1v) is 6.83. The van der Waals surface area contributed by atoms with Gasteiger partial charge in [0.2, 0.25) is 5.56 Å². The lowest BCUT2D eigenvalue weighted by atomic mass is 10.1. The Morgan fingerprint density at radius 1 is 1.24 bits per heavy atom. The molecular weight excluding hydrogens is 315 g/mol. The van der Waals surface area contributed by atoms with Gasteiger partial charge in [-0.1, -0.05) is 29.3 Å². The maximum Gasteiger partial charge on any atom is 0.252 e. The van der Waals surface area contributed by atoms with Crippen molar-refractivity contribution in [2.75, 3.05) is 6.54 Å². The van der Waals surface area contributed by atoms with E-state index in [1.54, 1.807) is 18.2 Å². The first-order valence-electron chi connectivity index (χ1n) is 6.08. The summed E-state index contributed by atoms with van der Waals surface area (Å²) in [6.07, 6.45) is 0.268. The topological polar surface area (TPSA) is 82.2 Å². The first kappa shape index (κ1) is 15.6. The molecule has 0 aliphatic rings. The van der Waals surface area contributed by atoms with Crippen molar-refractivity contribution in [2.24, 2.45) is 0 Å². The quantitative estimate of drug-likeness (QED) is 0.805. The van der Waals surface area contributed by atoms with Crippen LogP contribution in [-0.2, 0) is 0 Å². The fourth-order valence-electron chi connectivity index (χ4n) is 1.77. The molecule has 21 heavy (non-hydrogen) atoms. The molecule has 1 aromatic carbocycles. The first-order chi connectivity index (χ1) is 9.99. The molecule has 1 heterocycles. The van der Waals surface area contributed by atoms with Gasteiger partial charge in [0.15, 0.2) is 0 Å². The van der Waals surface area contributed by atoms with E-state index >= 15 is 0 Å². The number of aromatic nitrogens is 1. The summed E-state index contributed by atoms with van der Waals surface area (Å²) in [6.45, 7) is -0.0542. The lowest BCUT2D eigenvalue weighted by molar-refractivity contribution is 0.0916. The Balaban J connectivity index is 2.04. The zero-order valence-corrected chi connectivity index (χ0v) is 12.3. The summed E-state index contributed by atoms with van der Waals surface area (Å²) in [7, 11) is 0. The van der Waals surface area contributed by atoms with Crippen LogP contribution in [0.15, 0.2) is 41.3 Å². The van der Waals surface area contributed by atoms with Gasteiger partial charge >= 0.3 is 0 Å². The number of amides is 1. The third-order valence-electron chi connectivity index (χ3n) is 2.84. The van der Waals surface area contributed by atoms with Gasteiger partial charge < -0.3 is 15.4 Å². The van der Waals surface area contributed by atoms with Crippen LogP contribution in [0.5, 0.6) is 0 Å². The second-order valence-corrected chi connectivity index (χ2v) is 5.12. The van der Waals surface area contributed by atoms with E-state index in [0.29, 0.717) is 15.6 Å². The number of H-pyrrole nitrogens is 1. The Bertz CT molecular complexity index is 675. The predicted octanol–water partition coefficient (Wildman–Crippen LogP) is 2.15. The molecule has 5 nitrogen and oxygen atoms in total. The van der Waals surface area contributed by atoms with E-state index in [2.05, 4.69) is 10.3 Å². The summed E-state index contributed by atoms with van der Waals surface area (Å²) in [4.78, 5) is 25.2. The maximum atomic E-state index is 11.9. The van der Waals surface area contributed by atoms with Crippen LogP contribution in [0.1, 0.15) is 22.0 Å². The average molecular weight is 327 g/mol. The number of hydrogen-bond acceptors (Lipinski definition) is 3. The average Bonchev–Trinajstić information content (AvgIpc) is 2.45. The number of pyridine rings is 1. The lowest BCUT2D eigenvalue weighted by Gasteiger charge is -2.15. The molecule has 0 spiro atoms. The van der Waals surface area contributed by atoms with E-state index in [1.165, 1.54) is 18.3 Å². The van der Waals surface area contributed by atoms with Crippen molar-refractivity contribution >= 4 is 29.1 Å². The van der Waals surface area contributed by atoms with Crippen molar-refractivity contribution in [3.63, 3.8) is 0 Å². The van der Waals surface area contributed by atoms with Crippen LogP contribution in [-0.4, -0.2) is 22.5 Å². The van der Waals surface area contributed by atoms with Gasteiger partial charge in [-0.25, -0.2) is 0 Å². The smallest absolute Gasteiger partial charge is 0.252 e. The fourth-order valence-corrected chi connectivity index (χ4v) is 2.42. The molecule has 0 aliphatic heterocycles. The van der Waals surface area contributed by atoms with E-state index in [9.17, 15) is 14.7 Å². The number of nitrogens with one attached hydrogen (secondary N) is 2. The predicted molar refractivity (Wildman–Crippen MR) is 80.8 cm³/mol. The Labute approximate surface area is 130 Å². The van der Waals surface area contributed by atoms with Crippen LogP contribution < -0.4 is 10.9 Å².